The van der Waals surface area contributed by atoms with Crippen molar-refractivity contribution in [3.8, 4) is 44.5 Å². The summed E-state index contributed by atoms with van der Waals surface area (Å²) in [4.78, 5) is 4.78. The molecule has 0 amide bonds. The smallest absolute Gasteiger partial charge is 0.0465 e. The van der Waals surface area contributed by atoms with Crippen molar-refractivity contribution in [2.24, 2.45) is 0 Å². The van der Waals surface area contributed by atoms with Gasteiger partial charge in [-0.3, -0.25) is 0 Å². The average Bonchev–Trinajstić information content (AvgIpc) is 3.57. The predicted molar refractivity (Wildman–Crippen MR) is 267 cm³/mol. The van der Waals surface area contributed by atoms with Crippen LogP contribution in [0, 0.1) is 0 Å². The molecule has 10 aromatic carbocycles. The molecule has 0 saturated heterocycles. The van der Waals surface area contributed by atoms with E-state index in [1.165, 1.54) is 66.4 Å². The Morgan fingerprint density at radius 2 is 0.587 bits per heavy atom. The maximum Gasteiger partial charge on any atom is 0.0465 e. The van der Waals surface area contributed by atoms with Gasteiger partial charge in [-0.25, -0.2) is 0 Å². The zero-order valence-corrected chi connectivity index (χ0v) is 35.5. The number of benzene rings is 10. The summed E-state index contributed by atoms with van der Waals surface area (Å²) < 4.78 is 0. The number of hydrogen-bond donors (Lipinski definition) is 0. The quantitative estimate of drug-likeness (QED) is 0.143. The molecule has 300 valence electrons. The van der Waals surface area contributed by atoms with Crippen molar-refractivity contribution in [1.82, 2.24) is 0 Å². The Kier molecular flexibility index (Phi) is 9.55. The molecule has 0 atom stereocenters. The molecular weight excluding hydrogens is 761 g/mol. The van der Waals surface area contributed by atoms with Crippen LogP contribution in [0.15, 0.2) is 243 Å². The van der Waals surface area contributed by atoms with Crippen LogP contribution in [-0.4, -0.2) is 0 Å². The molecular formula is C61H46N2. The van der Waals surface area contributed by atoms with Crippen molar-refractivity contribution in [3.05, 3.63) is 254 Å². The lowest BCUT2D eigenvalue weighted by Crippen LogP contribution is -2.17. The summed E-state index contributed by atoms with van der Waals surface area (Å²) in [5, 5.41) is 2.51. The number of rotatable bonds is 9. The number of nitrogens with zero attached hydrogens (tertiary/aromatic N) is 2. The van der Waals surface area contributed by atoms with Crippen LogP contribution in [0.2, 0.25) is 0 Å². The van der Waals surface area contributed by atoms with Crippen LogP contribution in [0.3, 0.4) is 0 Å². The lowest BCUT2D eigenvalue weighted by molar-refractivity contribution is 0.660. The molecule has 0 radical (unpaired) electrons. The first-order valence-corrected chi connectivity index (χ1v) is 21.8. The molecule has 10 aromatic rings. The second-order valence-electron chi connectivity index (χ2n) is 17.0. The highest BCUT2D eigenvalue weighted by Crippen LogP contribution is 2.52. The summed E-state index contributed by atoms with van der Waals surface area (Å²) in [6, 6.07) is 88.3. The second kappa shape index (κ2) is 15.8. The molecule has 0 fully saturated rings. The van der Waals surface area contributed by atoms with Crippen LogP contribution < -0.4 is 9.80 Å². The highest BCUT2D eigenvalue weighted by Gasteiger charge is 2.37. The third-order valence-electron chi connectivity index (χ3n) is 12.8. The molecule has 11 rings (SSSR count). The Balaban J connectivity index is 0.961. The molecule has 0 bridgehead atoms. The van der Waals surface area contributed by atoms with Crippen LogP contribution in [0.4, 0.5) is 34.1 Å². The predicted octanol–water partition coefficient (Wildman–Crippen LogP) is 17.1. The summed E-state index contributed by atoms with van der Waals surface area (Å²) >= 11 is 0. The fraction of sp³-hybridized carbons (Fsp3) is 0.0492. The van der Waals surface area contributed by atoms with Gasteiger partial charge in [0.05, 0.1) is 0 Å². The topological polar surface area (TPSA) is 6.48 Å². The van der Waals surface area contributed by atoms with Crippen LogP contribution in [-0.2, 0) is 5.41 Å². The largest absolute Gasteiger partial charge is 0.310 e. The molecule has 0 aromatic heterocycles. The van der Waals surface area contributed by atoms with Gasteiger partial charge in [-0.15, -0.1) is 0 Å². The number of hydrogen-bond acceptors (Lipinski definition) is 2. The lowest BCUT2D eigenvalue weighted by Gasteiger charge is -2.29. The van der Waals surface area contributed by atoms with Crippen LogP contribution in [0.1, 0.15) is 25.0 Å². The van der Waals surface area contributed by atoms with Crippen molar-refractivity contribution < 1.29 is 0 Å². The van der Waals surface area contributed by atoms with E-state index >= 15 is 0 Å². The molecule has 63 heavy (non-hydrogen) atoms. The summed E-state index contributed by atoms with van der Waals surface area (Å²) in [6.07, 6.45) is 0. The van der Waals surface area contributed by atoms with Crippen LogP contribution in [0.5, 0.6) is 0 Å². The first-order valence-electron chi connectivity index (χ1n) is 21.8. The molecule has 0 heterocycles. The summed E-state index contributed by atoms with van der Waals surface area (Å²) in [5.74, 6) is 0. The number of fused-ring (bicyclic) bond motifs is 4. The Hall–Kier alpha value is -7.94. The molecule has 1 aliphatic carbocycles. The second-order valence-corrected chi connectivity index (χ2v) is 17.0. The Labute approximate surface area is 370 Å². The molecule has 0 spiro atoms. The van der Waals surface area contributed by atoms with Crippen molar-refractivity contribution in [2.45, 2.75) is 19.3 Å². The van der Waals surface area contributed by atoms with Gasteiger partial charge in [0.2, 0.25) is 0 Å². The lowest BCUT2D eigenvalue weighted by atomic mass is 9.82. The monoisotopic (exact) mass is 806 g/mol. The van der Waals surface area contributed by atoms with Gasteiger partial charge in [-0.05, 0) is 145 Å². The Morgan fingerprint density at radius 1 is 0.254 bits per heavy atom. The summed E-state index contributed by atoms with van der Waals surface area (Å²) in [7, 11) is 0. The van der Waals surface area contributed by atoms with Gasteiger partial charge in [0, 0.05) is 39.5 Å². The summed E-state index contributed by atoms with van der Waals surface area (Å²) in [5.41, 5.74) is 19.0. The van der Waals surface area contributed by atoms with Gasteiger partial charge in [0.15, 0.2) is 0 Å². The minimum atomic E-state index is -0.251. The van der Waals surface area contributed by atoms with E-state index < -0.39 is 0 Å². The molecule has 2 heteroatoms. The first-order chi connectivity index (χ1) is 31.0. The number of anilines is 6. The maximum absolute atomic E-state index is 2.42. The van der Waals surface area contributed by atoms with E-state index in [9.17, 15) is 0 Å². The van der Waals surface area contributed by atoms with Gasteiger partial charge in [0.25, 0.3) is 0 Å². The molecule has 1 aliphatic rings. The van der Waals surface area contributed by atoms with Crippen molar-refractivity contribution >= 4 is 44.9 Å². The standard InChI is InChI=1S/C61H46N2/c1-61(2)59-41-55(62(51-20-10-5-11-21-51)52-34-28-48(29-35-52)50-23-22-45-18-12-13-19-49(45)40-50)36-38-57(59)58-39-37-56(42-60(58)61)63(53-30-24-46(25-31-53)43-14-6-3-7-15-43)54-32-26-47(27-33-54)44-16-8-4-9-17-44/h3-42H,1-2H3. The first kappa shape index (κ1) is 38.0. The molecule has 0 saturated carbocycles. The van der Waals surface area contributed by atoms with Crippen molar-refractivity contribution in [2.75, 3.05) is 9.80 Å². The number of para-hydroxylation sites is 1. The third kappa shape index (κ3) is 7.06. The van der Waals surface area contributed by atoms with Crippen molar-refractivity contribution in [3.63, 3.8) is 0 Å². The zero-order chi connectivity index (χ0) is 42.3. The fourth-order valence-corrected chi connectivity index (χ4v) is 9.50. The van der Waals surface area contributed by atoms with Gasteiger partial charge in [-0.2, -0.15) is 0 Å². The van der Waals surface area contributed by atoms with Gasteiger partial charge >= 0.3 is 0 Å². The van der Waals surface area contributed by atoms with Crippen LogP contribution >= 0.6 is 0 Å². The van der Waals surface area contributed by atoms with Gasteiger partial charge < -0.3 is 9.80 Å². The molecule has 0 aliphatic heterocycles. The van der Waals surface area contributed by atoms with Crippen molar-refractivity contribution in [1.29, 1.82) is 0 Å². The highest BCUT2D eigenvalue weighted by molar-refractivity contribution is 5.90. The third-order valence-corrected chi connectivity index (χ3v) is 12.8. The van der Waals surface area contributed by atoms with E-state index in [0.29, 0.717) is 0 Å². The highest BCUT2D eigenvalue weighted by atomic mass is 15.1. The van der Waals surface area contributed by atoms with E-state index in [1.807, 2.05) is 0 Å². The van der Waals surface area contributed by atoms with Gasteiger partial charge in [0.1, 0.15) is 0 Å². The molecule has 0 unspecified atom stereocenters. The fourth-order valence-electron chi connectivity index (χ4n) is 9.50. The Bertz CT molecular complexity index is 3130. The minimum absolute atomic E-state index is 0.251. The SMILES string of the molecule is CC1(C)c2cc(N(c3ccccc3)c3ccc(-c4ccc5ccccc5c4)cc3)ccc2-c2ccc(N(c3ccc(-c4ccccc4)cc3)c3ccc(-c4ccccc4)cc3)cc21. The molecule has 0 N–H and O–H groups in total. The minimum Gasteiger partial charge on any atom is -0.310 e. The zero-order valence-electron chi connectivity index (χ0n) is 35.5. The van der Waals surface area contributed by atoms with E-state index in [-0.39, 0.29) is 5.41 Å². The van der Waals surface area contributed by atoms with E-state index in [4.69, 9.17) is 0 Å². The average molecular weight is 807 g/mol. The van der Waals surface area contributed by atoms with Gasteiger partial charge in [-0.1, -0.05) is 178 Å². The maximum atomic E-state index is 2.42. The molecule has 2 nitrogen and oxygen atoms in total. The van der Waals surface area contributed by atoms with Crippen LogP contribution in [0.25, 0.3) is 55.3 Å². The van der Waals surface area contributed by atoms with E-state index in [0.717, 1.165) is 34.1 Å². The summed E-state index contributed by atoms with van der Waals surface area (Å²) in [6.45, 7) is 4.76. The Morgan fingerprint density at radius 3 is 1.05 bits per heavy atom. The van der Waals surface area contributed by atoms with E-state index in [1.54, 1.807) is 0 Å². The normalized spacial score (nSPS) is 12.4. The van der Waals surface area contributed by atoms with E-state index in [2.05, 4.69) is 266 Å².